The van der Waals surface area contributed by atoms with Crippen LogP contribution in [0.5, 0.6) is 5.75 Å². The summed E-state index contributed by atoms with van der Waals surface area (Å²) in [5.74, 6) is 0.0188. The minimum Gasteiger partial charge on any atom is -0.507 e. The van der Waals surface area contributed by atoms with Crippen LogP contribution in [0.25, 0.3) is 0 Å². The summed E-state index contributed by atoms with van der Waals surface area (Å²) in [6, 6.07) is 14.5. The van der Waals surface area contributed by atoms with Gasteiger partial charge < -0.3 is 9.67 Å². The van der Waals surface area contributed by atoms with Gasteiger partial charge in [-0.05, 0) is 62.7 Å². The molecule has 1 aromatic carbocycles. The Morgan fingerprint density at radius 2 is 1.83 bits per heavy atom. The van der Waals surface area contributed by atoms with Crippen molar-refractivity contribution in [2.24, 2.45) is 0 Å². The number of hydrogen-bond acceptors (Lipinski definition) is 4. The lowest BCUT2D eigenvalue weighted by atomic mass is 9.94. The molecule has 0 bridgehead atoms. The van der Waals surface area contributed by atoms with E-state index in [2.05, 4.69) is 9.88 Å². The Labute approximate surface area is 181 Å². The molecule has 1 saturated heterocycles. The summed E-state index contributed by atoms with van der Waals surface area (Å²) < 4.78 is 1.69. The van der Waals surface area contributed by atoms with E-state index >= 15 is 0 Å². The fourth-order valence-electron chi connectivity index (χ4n) is 4.28. The first kappa shape index (κ1) is 20.6. The maximum Gasteiger partial charge on any atom is 0.260 e. The van der Waals surface area contributed by atoms with Gasteiger partial charge in [0.2, 0.25) is 0 Å². The summed E-state index contributed by atoms with van der Waals surface area (Å²) >= 11 is 6.57. The van der Waals surface area contributed by atoms with Crippen molar-refractivity contribution in [3.8, 4) is 5.75 Å². The first-order valence-electron chi connectivity index (χ1n) is 10.4. The van der Waals surface area contributed by atoms with Gasteiger partial charge >= 0.3 is 0 Å². The number of hydrogen-bond donors (Lipinski definition) is 1. The van der Waals surface area contributed by atoms with E-state index in [0.717, 1.165) is 37.2 Å². The van der Waals surface area contributed by atoms with Crippen LogP contribution >= 0.6 is 11.6 Å². The molecule has 0 amide bonds. The summed E-state index contributed by atoms with van der Waals surface area (Å²) in [5, 5.41) is 11.5. The molecule has 3 heterocycles. The number of rotatable bonds is 5. The molecule has 0 saturated carbocycles. The topological polar surface area (TPSA) is 58.4 Å². The molecule has 2 aromatic heterocycles. The minimum absolute atomic E-state index is 0.0188. The number of pyridine rings is 2. The Kier molecular flexibility index (Phi) is 6.21. The van der Waals surface area contributed by atoms with Gasteiger partial charge in [0, 0.05) is 16.9 Å². The van der Waals surface area contributed by atoms with Crippen molar-refractivity contribution in [3.05, 3.63) is 92.6 Å². The molecule has 1 atom stereocenters. The smallest absolute Gasteiger partial charge is 0.260 e. The lowest BCUT2D eigenvalue weighted by Crippen LogP contribution is -2.39. The predicted octanol–water partition coefficient (Wildman–Crippen LogP) is 4.53. The van der Waals surface area contributed by atoms with Crippen LogP contribution in [0.4, 0.5) is 0 Å². The van der Waals surface area contributed by atoms with Gasteiger partial charge in [-0.1, -0.05) is 42.3 Å². The second kappa shape index (κ2) is 9.02. The van der Waals surface area contributed by atoms with Gasteiger partial charge in [-0.15, -0.1) is 0 Å². The number of piperidine rings is 1. The lowest BCUT2D eigenvalue weighted by Gasteiger charge is -2.35. The fourth-order valence-corrected chi connectivity index (χ4v) is 4.52. The normalized spacial score (nSPS) is 15.8. The molecule has 1 aliphatic rings. The molecule has 30 heavy (non-hydrogen) atoms. The van der Waals surface area contributed by atoms with Gasteiger partial charge in [0.25, 0.3) is 5.56 Å². The first-order valence-corrected chi connectivity index (χ1v) is 10.8. The molecule has 6 heteroatoms. The Balaban J connectivity index is 1.87. The Morgan fingerprint density at radius 1 is 1.10 bits per heavy atom. The number of likely N-dealkylation sites (tertiary alicyclic amines) is 1. The molecule has 156 valence electrons. The number of aromatic nitrogens is 2. The molecule has 1 fully saturated rings. The van der Waals surface area contributed by atoms with Gasteiger partial charge in [0.1, 0.15) is 5.75 Å². The highest BCUT2D eigenvalue weighted by atomic mass is 35.5. The van der Waals surface area contributed by atoms with E-state index in [9.17, 15) is 9.90 Å². The Morgan fingerprint density at radius 3 is 2.53 bits per heavy atom. The van der Waals surface area contributed by atoms with Crippen molar-refractivity contribution >= 4 is 11.6 Å². The fraction of sp³-hybridized carbons (Fsp3) is 0.333. The molecule has 0 spiro atoms. The monoisotopic (exact) mass is 423 g/mol. The van der Waals surface area contributed by atoms with Crippen molar-refractivity contribution < 1.29 is 5.11 Å². The van der Waals surface area contributed by atoms with Gasteiger partial charge in [-0.2, -0.15) is 0 Å². The molecule has 4 rings (SSSR count). The highest BCUT2D eigenvalue weighted by Crippen LogP contribution is 2.37. The van der Waals surface area contributed by atoms with Crippen molar-refractivity contribution in [3.63, 3.8) is 0 Å². The molecule has 0 aliphatic carbocycles. The van der Waals surface area contributed by atoms with Gasteiger partial charge in [-0.3, -0.25) is 14.7 Å². The number of nitrogens with zero attached hydrogens (tertiary/aromatic N) is 3. The molecule has 1 aliphatic heterocycles. The van der Waals surface area contributed by atoms with Crippen LogP contribution < -0.4 is 5.56 Å². The lowest BCUT2D eigenvalue weighted by molar-refractivity contribution is 0.183. The van der Waals surface area contributed by atoms with Crippen LogP contribution in [0.2, 0.25) is 5.02 Å². The second-order valence-electron chi connectivity index (χ2n) is 7.82. The zero-order valence-electron chi connectivity index (χ0n) is 17.1. The molecular formula is C24H26ClN3O2. The van der Waals surface area contributed by atoms with Gasteiger partial charge in [0.05, 0.1) is 23.8 Å². The van der Waals surface area contributed by atoms with E-state index in [1.165, 1.54) is 6.42 Å². The van der Waals surface area contributed by atoms with E-state index < -0.39 is 0 Å². The van der Waals surface area contributed by atoms with E-state index in [1.54, 1.807) is 16.8 Å². The van der Waals surface area contributed by atoms with Gasteiger partial charge in [-0.25, -0.2) is 0 Å². The summed E-state index contributed by atoms with van der Waals surface area (Å²) in [6.45, 7) is 3.92. The van der Waals surface area contributed by atoms with Crippen molar-refractivity contribution in [1.29, 1.82) is 0 Å². The van der Waals surface area contributed by atoms with Crippen molar-refractivity contribution in [2.45, 2.75) is 38.8 Å². The van der Waals surface area contributed by atoms with Crippen molar-refractivity contribution in [2.75, 3.05) is 13.1 Å². The quantitative estimate of drug-likeness (QED) is 0.654. The van der Waals surface area contributed by atoms with Crippen LogP contribution in [-0.4, -0.2) is 32.6 Å². The number of benzene rings is 1. The van der Waals surface area contributed by atoms with Crippen LogP contribution in [0.1, 0.15) is 47.8 Å². The third kappa shape index (κ3) is 4.13. The Bertz CT molecular complexity index is 1080. The third-order valence-electron chi connectivity index (χ3n) is 5.80. The molecule has 1 N–H and O–H groups in total. The molecule has 0 radical (unpaired) electrons. The summed E-state index contributed by atoms with van der Waals surface area (Å²) in [5.41, 5.74) is 2.52. The van der Waals surface area contributed by atoms with Crippen LogP contribution in [0.15, 0.2) is 59.5 Å². The summed E-state index contributed by atoms with van der Waals surface area (Å²) in [4.78, 5) is 20.3. The zero-order valence-corrected chi connectivity index (χ0v) is 17.8. The number of aryl methyl sites for hydroxylation is 1. The van der Waals surface area contributed by atoms with E-state index in [1.807, 2.05) is 49.4 Å². The SMILES string of the molecule is Cc1cc(O)c([C@H](c2ccccc2Cl)N2CCCCC2)c(=O)n1Cc1ccccn1. The van der Waals surface area contributed by atoms with Crippen molar-refractivity contribution in [1.82, 2.24) is 14.5 Å². The average Bonchev–Trinajstić information content (AvgIpc) is 2.76. The largest absolute Gasteiger partial charge is 0.507 e. The van der Waals surface area contributed by atoms with Crippen LogP contribution in [0, 0.1) is 6.92 Å². The summed E-state index contributed by atoms with van der Waals surface area (Å²) in [7, 11) is 0. The number of halogens is 1. The van der Waals surface area contributed by atoms with Crippen LogP contribution in [0.3, 0.4) is 0 Å². The maximum atomic E-state index is 13.7. The molecular weight excluding hydrogens is 398 g/mol. The van der Waals surface area contributed by atoms with Crippen LogP contribution in [-0.2, 0) is 6.54 Å². The van der Waals surface area contributed by atoms with E-state index in [-0.39, 0.29) is 17.4 Å². The number of aromatic hydroxyl groups is 1. The average molecular weight is 424 g/mol. The highest BCUT2D eigenvalue weighted by Gasteiger charge is 2.31. The standard InChI is InChI=1S/C24H26ClN3O2/c1-17-15-21(29)22(24(30)28(17)16-18-9-5-6-12-26-18)23(27-13-7-2-8-14-27)19-10-3-4-11-20(19)25/h3-6,9-12,15,23,29H,2,7-8,13-14,16H2,1H3/t23-/m0/s1. The Hall–Kier alpha value is -2.63. The molecule has 3 aromatic rings. The molecule has 5 nitrogen and oxygen atoms in total. The minimum atomic E-state index is -0.387. The first-order chi connectivity index (χ1) is 14.6. The maximum absolute atomic E-state index is 13.7. The van der Waals surface area contributed by atoms with Gasteiger partial charge in [0.15, 0.2) is 0 Å². The zero-order chi connectivity index (χ0) is 21.1. The van der Waals surface area contributed by atoms with E-state index in [4.69, 9.17) is 11.6 Å². The third-order valence-corrected chi connectivity index (χ3v) is 6.14. The highest BCUT2D eigenvalue weighted by molar-refractivity contribution is 6.31. The van der Waals surface area contributed by atoms with E-state index in [0.29, 0.717) is 22.8 Å². The summed E-state index contributed by atoms with van der Waals surface area (Å²) in [6.07, 6.45) is 5.03. The molecule has 0 unspecified atom stereocenters. The second-order valence-corrected chi connectivity index (χ2v) is 8.22. The predicted molar refractivity (Wildman–Crippen MR) is 119 cm³/mol.